The molecule has 0 atom stereocenters. The van der Waals surface area contributed by atoms with Gasteiger partial charge >= 0.3 is 5.97 Å². The number of carbonyl (C=O) groups excluding carboxylic acids is 1. The van der Waals surface area contributed by atoms with Gasteiger partial charge < -0.3 is 19.7 Å². The quantitative estimate of drug-likeness (QED) is 0.242. The van der Waals surface area contributed by atoms with Gasteiger partial charge in [0.05, 0.1) is 46.8 Å². The summed E-state index contributed by atoms with van der Waals surface area (Å²) in [6.45, 7) is 4.85. The van der Waals surface area contributed by atoms with Gasteiger partial charge in [-0.1, -0.05) is 6.58 Å². The van der Waals surface area contributed by atoms with E-state index in [9.17, 15) is 4.79 Å². The average Bonchev–Trinajstić information content (AvgIpc) is 2.35. The molecule has 0 spiro atoms. The summed E-state index contributed by atoms with van der Waals surface area (Å²) in [5.41, 5.74) is 0. The van der Waals surface area contributed by atoms with Crippen LogP contribution in [0.3, 0.4) is 0 Å². The molecule has 0 aliphatic heterocycles. The van der Waals surface area contributed by atoms with Gasteiger partial charge in [-0.3, -0.25) is 4.89 Å². The summed E-state index contributed by atoms with van der Waals surface area (Å²) in [4.78, 5) is 17.9. The third-order valence-electron chi connectivity index (χ3n) is 1.18. The van der Waals surface area contributed by atoms with Crippen molar-refractivity contribution in [3.63, 3.8) is 0 Å². The van der Waals surface area contributed by atoms with Crippen LogP contribution in [0.5, 0.6) is 0 Å². The molecule has 0 unspecified atom stereocenters. The van der Waals surface area contributed by atoms with E-state index in [1.165, 1.54) is 7.11 Å². The number of aliphatic hydroxyl groups is 2. The van der Waals surface area contributed by atoms with E-state index in [1.54, 1.807) is 0 Å². The Morgan fingerprint density at radius 2 is 1.59 bits per heavy atom. The van der Waals surface area contributed by atoms with Crippen LogP contribution in [-0.2, 0) is 24.0 Å². The van der Waals surface area contributed by atoms with E-state index in [2.05, 4.69) is 16.4 Å². The lowest BCUT2D eigenvalue weighted by atomic mass is 10.7. The zero-order chi connectivity index (χ0) is 13.4. The van der Waals surface area contributed by atoms with Crippen molar-refractivity contribution in [3.05, 3.63) is 12.7 Å². The number of rotatable bonds is 9. The highest BCUT2D eigenvalue weighted by Gasteiger charge is 1.89. The number of hydrogen-bond donors (Lipinski definition) is 2. The molecule has 0 rings (SSSR count). The topological polar surface area (TPSA) is 94.5 Å². The van der Waals surface area contributed by atoms with Gasteiger partial charge in [0.2, 0.25) is 0 Å². The number of hydrogen-bond acceptors (Lipinski definition) is 7. The molecule has 0 saturated heterocycles. The maximum Gasteiger partial charge on any atom is 0.365 e. The zero-order valence-corrected chi connectivity index (χ0v) is 9.96. The monoisotopic (exact) mass is 252 g/mol. The van der Waals surface area contributed by atoms with Crippen molar-refractivity contribution in [1.82, 2.24) is 0 Å². The summed E-state index contributed by atoms with van der Waals surface area (Å²) in [5.74, 6) is -0.581. The van der Waals surface area contributed by atoms with Crippen LogP contribution in [0.4, 0.5) is 0 Å². The molecule has 0 aromatic rings. The van der Waals surface area contributed by atoms with E-state index in [0.29, 0.717) is 26.4 Å². The molecule has 0 aromatic carbocycles. The van der Waals surface area contributed by atoms with Crippen LogP contribution in [-0.4, -0.2) is 62.9 Å². The first-order chi connectivity index (χ1) is 8.22. The minimum absolute atomic E-state index is 0.0417. The summed E-state index contributed by atoms with van der Waals surface area (Å²) in [7, 11) is 1.25. The molecule has 0 fully saturated rings. The second-order valence-electron chi connectivity index (χ2n) is 2.45. The van der Waals surface area contributed by atoms with Gasteiger partial charge in [-0.2, -0.15) is 4.89 Å². The lowest BCUT2D eigenvalue weighted by Gasteiger charge is -2.01. The second-order valence-corrected chi connectivity index (χ2v) is 2.45. The zero-order valence-electron chi connectivity index (χ0n) is 9.96. The predicted molar refractivity (Wildman–Crippen MR) is 59.1 cm³/mol. The molecule has 0 aliphatic rings. The molecule has 0 amide bonds. The fourth-order valence-corrected chi connectivity index (χ4v) is 0.567. The van der Waals surface area contributed by atoms with Crippen molar-refractivity contribution in [3.8, 4) is 0 Å². The Hall–Kier alpha value is -0.990. The molecule has 0 radical (unpaired) electrons. The molecule has 7 heteroatoms. The molecule has 7 nitrogen and oxygen atoms in total. The second kappa shape index (κ2) is 17.4. The largest absolute Gasteiger partial charge is 0.394 e. The molecule has 0 aliphatic carbocycles. The van der Waals surface area contributed by atoms with Crippen LogP contribution in [0, 0.1) is 0 Å². The van der Waals surface area contributed by atoms with Crippen LogP contribution in [0.2, 0.25) is 0 Å². The normalized spacial score (nSPS) is 9.12. The van der Waals surface area contributed by atoms with Crippen LogP contribution in [0.15, 0.2) is 12.7 Å². The van der Waals surface area contributed by atoms with Gasteiger partial charge in [0.15, 0.2) is 0 Å². The molecular formula is C10H20O7. The maximum atomic E-state index is 9.95. The van der Waals surface area contributed by atoms with Gasteiger partial charge in [-0.25, -0.2) is 4.79 Å². The average molecular weight is 252 g/mol. The van der Waals surface area contributed by atoms with Crippen LogP contribution < -0.4 is 0 Å². The number of ether oxygens (including phenoxy) is 2. The minimum Gasteiger partial charge on any atom is -0.394 e. The molecule has 0 bridgehead atoms. The van der Waals surface area contributed by atoms with E-state index in [-0.39, 0.29) is 13.2 Å². The molecular weight excluding hydrogens is 232 g/mol. The third kappa shape index (κ3) is 21.0. The van der Waals surface area contributed by atoms with E-state index < -0.39 is 5.97 Å². The van der Waals surface area contributed by atoms with Gasteiger partial charge in [-0.05, 0) is 0 Å². The highest BCUT2D eigenvalue weighted by atomic mass is 17.2. The summed E-state index contributed by atoms with van der Waals surface area (Å²) in [6, 6.07) is 0. The Balaban J connectivity index is 0. The fraction of sp³-hybridized carbons (Fsp3) is 0.700. The van der Waals surface area contributed by atoms with E-state index in [0.717, 1.165) is 6.08 Å². The maximum absolute atomic E-state index is 9.95. The molecule has 17 heavy (non-hydrogen) atoms. The van der Waals surface area contributed by atoms with Crippen molar-refractivity contribution >= 4 is 5.97 Å². The lowest BCUT2D eigenvalue weighted by molar-refractivity contribution is -0.249. The smallest absolute Gasteiger partial charge is 0.365 e. The van der Waals surface area contributed by atoms with Gasteiger partial charge in [-0.15, -0.1) is 0 Å². The molecule has 0 saturated carbocycles. The van der Waals surface area contributed by atoms with Gasteiger partial charge in [0.25, 0.3) is 0 Å². The molecule has 0 heterocycles. The summed E-state index contributed by atoms with van der Waals surface area (Å²) in [5, 5.41) is 16.5. The fourth-order valence-electron chi connectivity index (χ4n) is 0.567. The molecule has 0 aromatic heterocycles. The van der Waals surface area contributed by atoms with Crippen molar-refractivity contribution < 1.29 is 34.3 Å². The minimum atomic E-state index is -0.581. The SMILES string of the molecule is C=CC(=O)OOC.OCCOCCOCCO. The molecule has 2 N–H and O–H groups in total. The predicted octanol–water partition coefficient (Wildman–Crippen LogP) is -0.719. The lowest BCUT2D eigenvalue weighted by Crippen LogP contribution is -2.09. The van der Waals surface area contributed by atoms with Crippen LogP contribution in [0.1, 0.15) is 0 Å². The summed E-state index contributed by atoms with van der Waals surface area (Å²) in [6.07, 6.45) is 1.02. The highest BCUT2D eigenvalue weighted by Crippen LogP contribution is 1.76. The Labute approximate surface area is 100 Å². The third-order valence-corrected chi connectivity index (χ3v) is 1.18. The Morgan fingerprint density at radius 3 is 1.82 bits per heavy atom. The van der Waals surface area contributed by atoms with Crippen molar-refractivity contribution in [1.29, 1.82) is 0 Å². The number of carbonyl (C=O) groups is 1. The standard InChI is InChI=1S/C6H14O4.C4H6O3/c7-1-3-9-5-6-10-4-2-8;1-3-4(5)7-6-2/h7-8H,1-6H2;3H,1H2,2H3. The number of aliphatic hydroxyl groups excluding tert-OH is 2. The van der Waals surface area contributed by atoms with Crippen LogP contribution >= 0.6 is 0 Å². The first kappa shape index (κ1) is 18.4. The van der Waals surface area contributed by atoms with Gasteiger partial charge in [0.1, 0.15) is 0 Å². The van der Waals surface area contributed by atoms with Crippen LogP contribution in [0.25, 0.3) is 0 Å². The first-order valence-electron chi connectivity index (χ1n) is 4.97. The van der Waals surface area contributed by atoms with Crippen molar-refractivity contribution in [2.75, 3.05) is 46.8 Å². The van der Waals surface area contributed by atoms with Crippen molar-refractivity contribution in [2.24, 2.45) is 0 Å². The van der Waals surface area contributed by atoms with E-state index >= 15 is 0 Å². The Morgan fingerprint density at radius 1 is 1.12 bits per heavy atom. The Bertz CT molecular complexity index is 164. The summed E-state index contributed by atoms with van der Waals surface area (Å²) >= 11 is 0. The highest BCUT2D eigenvalue weighted by molar-refractivity contribution is 5.80. The van der Waals surface area contributed by atoms with E-state index in [4.69, 9.17) is 19.7 Å². The van der Waals surface area contributed by atoms with Gasteiger partial charge in [0, 0.05) is 6.08 Å². The van der Waals surface area contributed by atoms with E-state index in [1.807, 2.05) is 0 Å². The van der Waals surface area contributed by atoms with Crippen molar-refractivity contribution in [2.45, 2.75) is 0 Å². The Kier molecular flexibility index (Phi) is 18.8. The molecule has 102 valence electrons. The summed E-state index contributed by atoms with van der Waals surface area (Å²) < 4.78 is 9.75. The first-order valence-corrected chi connectivity index (χ1v) is 4.97.